The average Bonchev–Trinajstić information content (AvgIpc) is 2.55. The summed E-state index contributed by atoms with van der Waals surface area (Å²) in [6.45, 7) is 1.82. The van der Waals surface area contributed by atoms with Crippen LogP contribution in [-0.4, -0.2) is 16.9 Å². The number of nitrogens with zero attached hydrogens (tertiary/aromatic N) is 1. The summed E-state index contributed by atoms with van der Waals surface area (Å²) in [4.78, 5) is 22.2. The Kier molecular flexibility index (Phi) is 6.00. The van der Waals surface area contributed by atoms with E-state index in [0.717, 1.165) is 5.56 Å². The molecule has 1 amide bonds. The molecular weight excluding hydrogens is 355 g/mol. The number of ether oxygens (including phenoxy) is 1. The smallest absolute Gasteiger partial charge is 0.271 e. The minimum atomic E-state index is -0.827. The van der Waals surface area contributed by atoms with Crippen LogP contribution in [0, 0.1) is 10.1 Å². The fourth-order valence-electron chi connectivity index (χ4n) is 1.91. The van der Waals surface area contributed by atoms with E-state index in [4.69, 9.17) is 27.9 Å². The van der Waals surface area contributed by atoms with Gasteiger partial charge in [0.1, 0.15) is 5.75 Å². The van der Waals surface area contributed by atoms with Gasteiger partial charge in [0.15, 0.2) is 6.10 Å². The Morgan fingerprint density at radius 1 is 1.25 bits per heavy atom. The molecule has 0 aliphatic carbocycles. The van der Waals surface area contributed by atoms with Crippen molar-refractivity contribution >= 4 is 34.8 Å². The third-order valence-electron chi connectivity index (χ3n) is 3.21. The zero-order chi connectivity index (χ0) is 17.7. The van der Waals surface area contributed by atoms with E-state index in [0.29, 0.717) is 5.02 Å². The van der Waals surface area contributed by atoms with Gasteiger partial charge in [-0.25, -0.2) is 0 Å². The molecule has 1 unspecified atom stereocenters. The molecule has 2 rings (SSSR count). The van der Waals surface area contributed by atoms with Crippen molar-refractivity contribution in [1.82, 2.24) is 5.32 Å². The van der Waals surface area contributed by atoms with Crippen LogP contribution < -0.4 is 10.1 Å². The molecule has 1 N–H and O–H groups in total. The number of benzene rings is 2. The number of hydrogen-bond donors (Lipinski definition) is 1. The highest BCUT2D eigenvalue weighted by Crippen LogP contribution is 2.29. The van der Waals surface area contributed by atoms with Crippen molar-refractivity contribution in [2.24, 2.45) is 0 Å². The number of nitrogens with one attached hydrogen (secondary N) is 1. The fraction of sp³-hybridized carbons (Fsp3) is 0.188. The van der Waals surface area contributed by atoms with Crippen LogP contribution in [0.5, 0.6) is 5.75 Å². The first-order chi connectivity index (χ1) is 11.4. The lowest BCUT2D eigenvalue weighted by molar-refractivity contribution is -0.384. The van der Waals surface area contributed by atoms with Crippen LogP contribution in [0.3, 0.4) is 0 Å². The van der Waals surface area contributed by atoms with Gasteiger partial charge >= 0.3 is 0 Å². The highest BCUT2D eigenvalue weighted by molar-refractivity contribution is 6.32. The number of carbonyl (C=O) groups is 1. The lowest BCUT2D eigenvalue weighted by Crippen LogP contribution is -2.36. The molecule has 0 heterocycles. The Bertz CT molecular complexity index is 767. The number of carbonyl (C=O) groups excluding carboxylic acids is 1. The standard InChI is InChI=1S/C16H14Cl2N2O4/c1-10(16(21)19-9-11-4-2-3-5-13(11)17)24-15-7-6-12(20(22)23)8-14(15)18/h2-8,10H,9H2,1H3,(H,19,21). The number of hydrogen-bond acceptors (Lipinski definition) is 4. The largest absolute Gasteiger partial charge is 0.479 e. The van der Waals surface area contributed by atoms with Crippen molar-refractivity contribution in [1.29, 1.82) is 0 Å². The monoisotopic (exact) mass is 368 g/mol. The van der Waals surface area contributed by atoms with Gasteiger partial charge in [-0.1, -0.05) is 41.4 Å². The topological polar surface area (TPSA) is 81.5 Å². The van der Waals surface area contributed by atoms with E-state index in [1.807, 2.05) is 6.07 Å². The molecule has 2 aromatic carbocycles. The Labute approximate surface area is 148 Å². The maximum atomic E-state index is 12.1. The third-order valence-corrected chi connectivity index (χ3v) is 3.87. The van der Waals surface area contributed by atoms with Gasteiger partial charge < -0.3 is 10.1 Å². The summed E-state index contributed by atoms with van der Waals surface area (Å²) in [5.74, 6) is -0.160. The van der Waals surface area contributed by atoms with E-state index in [2.05, 4.69) is 5.32 Å². The fourth-order valence-corrected chi connectivity index (χ4v) is 2.33. The van der Waals surface area contributed by atoms with Gasteiger partial charge in [-0.3, -0.25) is 14.9 Å². The first-order valence-electron chi connectivity index (χ1n) is 7.00. The first kappa shape index (κ1) is 18.0. The molecule has 1 atom stereocenters. The zero-order valence-electron chi connectivity index (χ0n) is 12.7. The molecule has 0 aliphatic heterocycles. The highest BCUT2D eigenvalue weighted by atomic mass is 35.5. The van der Waals surface area contributed by atoms with Crippen LogP contribution in [0.2, 0.25) is 10.0 Å². The van der Waals surface area contributed by atoms with Crippen LogP contribution in [0.4, 0.5) is 5.69 Å². The summed E-state index contributed by atoms with van der Waals surface area (Å²) in [7, 11) is 0. The summed E-state index contributed by atoms with van der Waals surface area (Å²) in [5.41, 5.74) is 0.635. The average molecular weight is 369 g/mol. The summed E-state index contributed by atoms with van der Waals surface area (Å²) in [5, 5.41) is 14.0. The molecule has 0 aliphatic rings. The van der Waals surface area contributed by atoms with Gasteiger partial charge in [-0.05, 0) is 24.6 Å². The molecule has 24 heavy (non-hydrogen) atoms. The molecule has 0 saturated heterocycles. The minimum Gasteiger partial charge on any atom is -0.479 e. The number of nitro benzene ring substituents is 1. The molecule has 6 nitrogen and oxygen atoms in total. The summed E-state index contributed by atoms with van der Waals surface area (Å²) >= 11 is 12.0. The molecular formula is C16H14Cl2N2O4. The van der Waals surface area contributed by atoms with Crippen LogP contribution in [-0.2, 0) is 11.3 Å². The number of amides is 1. The summed E-state index contributed by atoms with van der Waals surface area (Å²) in [6.07, 6.45) is -0.827. The van der Waals surface area contributed by atoms with Crippen molar-refractivity contribution in [3.05, 3.63) is 68.2 Å². The minimum absolute atomic E-state index is 0.0648. The quantitative estimate of drug-likeness (QED) is 0.617. The lowest BCUT2D eigenvalue weighted by atomic mass is 10.2. The molecule has 8 heteroatoms. The number of halogens is 2. The zero-order valence-corrected chi connectivity index (χ0v) is 14.2. The molecule has 0 bridgehead atoms. The number of rotatable bonds is 6. The molecule has 0 fully saturated rings. The second-order valence-electron chi connectivity index (χ2n) is 4.94. The highest BCUT2D eigenvalue weighted by Gasteiger charge is 2.18. The van der Waals surface area contributed by atoms with Gasteiger partial charge in [-0.15, -0.1) is 0 Å². The molecule has 0 spiro atoms. The Morgan fingerprint density at radius 3 is 2.58 bits per heavy atom. The predicted octanol–water partition coefficient (Wildman–Crippen LogP) is 3.99. The van der Waals surface area contributed by atoms with Gasteiger partial charge in [0, 0.05) is 23.7 Å². The molecule has 0 radical (unpaired) electrons. The SMILES string of the molecule is CC(Oc1ccc([N+](=O)[O-])cc1Cl)C(=O)NCc1ccccc1Cl. The van der Waals surface area contributed by atoms with Gasteiger partial charge in [0.25, 0.3) is 11.6 Å². The van der Waals surface area contributed by atoms with Crippen LogP contribution in [0.1, 0.15) is 12.5 Å². The van der Waals surface area contributed by atoms with E-state index in [1.54, 1.807) is 25.1 Å². The maximum Gasteiger partial charge on any atom is 0.271 e. The first-order valence-corrected chi connectivity index (χ1v) is 7.76. The van der Waals surface area contributed by atoms with E-state index in [-0.39, 0.29) is 28.9 Å². The second-order valence-corrected chi connectivity index (χ2v) is 5.76. The van der Waals surface area contributed by atoms with Gasteiger partial charge in [0.05, 0.1) is 9.95 Å². The van der Waals surface area contributed by atoms with Crippen molar-refractivity contribution in [3.8, 4) is 5.75 Å². The third kappa shape index (κ3) is 4.59. The normalized spacial score (nSPS) is 11.6. The predicted molar refractivity (Wildman–Crippen MR) is 91.5 cm³/mol. The number of non-ortho nitro benzene ring substituents is 1. The lowest BCUT2D eigenvalue weighted by Gasteiger charge is -2.16. The van der Waals surface area contributed by atoms with Crippen LogP contribution in [0.15, 0.2) is 42.5 Å². The van der Waals surface area contributed by atoms with Crippen LogP contribution in [0.25, 0.3) is 0 Å². The van der Waals surface area contributed by atoms with E-state index >= 15 is 0 Å². The van der Waals surface area contributed by atoms with E-state index < -0.39 is 11.0 Å². The molecule has 2 aromatic rings. The van der Waals surface area contributed by atoms with Gasteiger partial charge in [0.2, 0.25) is 0 Å². The summed E-state index contributed by atoms with van der Waals surface area (Å²) < 4.78 is 5.46. The molecule has 126 valence electrons. The maximum absolute atomic E-state index is 12.1. The van der Waals surface area contributed by atoms with E-state index in [9.17, 15) is 14.9 Å². The molecule has 0 aromatic heterocycles. The van der Waals surface area contributed by atoms with Crippen molar-refractivity contribution in [2.45, 2.75) is 19.6 Å². The van der Waals surface area contributed by atoms with Crippen molar-refractivity contribution < 1.29 is 14.5 Å². The summed E-state index contributed by atoms with van der Waals surface area (Å²) in [6, 6.07) is 11.0. The number of nitro groups is 1. The Morgan fingerprint density at radius 2 is 1.96 bits per heavy atom. The Balaban J connectivity index is 1.96. The van der Waals surface area contributed by atoms with Crippen molar-refractivity contribution in [2.75, 3.05) is 0 Å². The molecule has 0 saturated carbocycles. The second kappa shape index (κ2) is 7.99. The van der Waals surface area contributed by atoms with Crippen LogP contribution >= 0.6 is 23.2 Å². The van der Waals surface area contributed by atoms with Crippen molar-refractivity contribution in [3.63, 3.8) is 0 Å². The van der Waals surface area contributed by atoms with Gasteiger partial charge in [-0.2, -0.15) is 0 Å². The van der Waals surface area contributed by atoms with E-state index in [1.165, 1.54) is 18.2 Å². The Hall–Kier alpha value is -2.31.